The van der Waals surface area contributed by atoms with Crippen LogP contribution in [0.2, 0.25) is 0 Å². The Morgan fingerprint density at radius 3 is 2.55 bits per heavy atom. The Bertz CT molecular complexity index is 895. The topological polar surface area (TPSA) is 95.4 Å². The number of aliphatic hydroxyl groups is 1. The molecule has 2 aromatic rings. The Kier molecular flexibility index (Phi) is 5.40. The number of carbonyl (C=O) groups is 2. The number of benzene rings is 1. The zero-order valence-corrected chi connectivity index (χ0v) is 16.1. The molecule has 1 aromatic carbocycles. The van der Waals surface area contributed by atoms with E-state index in [4.69, 9.17) is 0 Å². The lowest BCUT2D eigenvalue weighted by Crippen LogP contribution is -2.63. The Morgan fingerprint density at radius 2 is 1.90 bits per heavy atom. The van der Waals surface area contributed by atoms with Crippen LogP contribution in [0.5, 0.6) is 0 Å². The van der Waals surface area contributed by atoms with E-state index >= 15 is 0 Å². The van der Waals surface area contributed by atoms with E-state index in [1.165, 1.54) is 12.5 Å². The van der Waals surface area contributed by atoms with Gasteiger partial charge >= 0.3 is 0 Å². The summed E-state index contributed by atoms with van der Waals surface area (Å²) < 4.78 is 0. The second-order valence-electron chi connectivity index (χ2n) is 7.58. The summed E-state index contributed by atoms with van der Waals surface area (Å²) in [6.45, 7) is 0.513. The molecule has 1 aliphatic carbocycles. The van der Waals surface area contributed by atoms with Gasteiger partial charge in [0.05, 0.1) is 11.6 Å². The molecule has 2 atom stereocenters. The Hall–Kier alpha value is -3.06. The van der Waals surface area contributed by atoms with Crippen LogP contribution in [0.1, 0.15) is 35.3 Å². The first-order valence-corrected chi connectivity index (χ1v) is 9.86. The predicted octanol–water partition coefficient (Wildman–Crippen LogP) is 1.66. The van der Waals surface area contributed by atoms with Crippen LogP contribution in [0, 0.1) is 5.92 Å². The summed E-state index contributed by atoms with van der Waals surface area (Å²) in [7, 11) is 0. The fourth-order valence-electron chi connectivity index (χ4n) is 4.14. The number of hydrogen-bond donors (Lipinski definition) is 2. The van der Waals surface area contributed by atoms with Gasteiger partial charge < -0.3 is 15.3 Å². The largest absolute Gasteiger partial charge is 0.388 e. The van der Waals surface area contributed by atoms with Crippen molar-refractivity contribution >= 4 is 11.8 Å². The molecule has 2 aliphatic rings. The summed E-state index contributed by atoms with van der Waals surface area (Å²) in [5.74, 6) is -0.420. The van der Waals surface area contributed by atoms with Crippen molar-refractivity contribution in [3.8, 4) is 0 Å². The molecule has 2 N–H and O–H groups in total. The molecule has 0 saturated carbocycles. The van der Waals surface area contributed by atoms with Crippen LogP contribution in [0.3, 0.4) is 0 Å². The van der Waals surface area contributed by atoms with E-state index in [1.807, 2.05) is 42.5 Å². The highest BCUT2D eigenvalue weighted by molar-refractivity contribution is 5.92. The van der Waals surface area contributed by atoms with Crippen molar-refractivity contribution in [3.05, 3.63) is 72.3 Å². The van der Waals surface area contributed by atoms with Crippen molar-refractivity contribution in [2.24, 2.45) is 5.92 Å². The fraction of sp³-hybridized carbons (Fsp3) is 0.364. The van der Waals surface area contributed by atoms with E-state index in [-0.39, 0.29) is 24.3 Å². The van der Waals surface area contributed by atoms with E-state index < -0.39 is 11.6 Å². The third-order valence-electron chi connectivity index (χ3n) is 5.84. The predicted molar refractivity (Wildman–Crippen MR) is 107 cm³/mol. The number of rotatable bonds is 4. The Balaban J connectivity index is 1.57. The second-order valence-corrected chi connectivity index (χ2v) is 7.58. The van der Waals surface area contributed by atoms with E-state index in [0.717, 1.165) is 5.56 Å². The molecule has 1 aromatic heterocycles. The van der Waals surface area contributed by atoms with E-state index in [1.54, 1.807) is 11.0 Å². The number of nitrogens with zero attached hydrogens (tertiary/aromatic N) is 3. The van der Waals surface area contributed by atoms with Gasteiger partial charge in [0, 0.05) is 25.2 Å². The molecule has 29 heavy (non-hydrogen) atoms. The Morgan fingerprint density at radius 1 is 1.14 bits per heavy atom. The molecule has 2 heterocycles. The van der Waals surface area contributed by atoms with Crippen molar-refractivity contribution in [1.29, 1.82) is 0 Å². The lowest BCUT2D eigenvalue weighted by Gasteiger charge is -2.46. The second kappa shape index (κ2) is 8.13. The molecule has 0 radical (unpaired) electrons. The van der Waals surface area contributed by atoms with Crippen molar-refractivity contribution < 1.29 is 14.7 Å². The summed E-state index contributed by atoms with van der Waals surface area (Å²) in [5.41, 5.74) is 0.213. The smallest absolute Gasteiger partial charge is 0.272 e. The van der Waals surface area contributed by atoms with Gasteiger partial charge in [-0.25, -0.2) is 9.97 Å². The normalized spacial score (nSPS) is 24.4. The third kappa shape index (κ3) is 3.78. The number of likely N-dealkylation sites (tertiary alicyclic amines) is 1. The number of amides is 2. The van der Waals surface area contributed by atoms with Crippen molar-refractivity contribution in [3.63, 3.8) is 0 Å². The number of piperidine rings is 1. The lowest BCUT2D eigenvalue weighted by atomic mass is 9.78. The van der Waals surface area contributed by atoms with Crippen LogP contribution >= 0.6 is 0 Å². The molecule has 0 unspecified atom stereocenters. The van der Waals surface area contributed by atoms with Gasteiger partial charge in [-0.1, -0.05) is 42.5 Å². The number of allylic oxidation sites excluding steroid dienone is 2. The van der Waals surface area contributed by atoms with Gasteiger partial charge in [0.2, 0.25) is 5.91 Å². The minimum atomic E-state index is -0.942. The highest BCUT2D eigenvalue weighted by Gasteiger charge is 2.46. The molecule has 1 fully saturated rings. The molecule has 7 nitrogen and oxygen atoms in total. The van der Waals surface area contributed by atoms with Crippen molar-refractivity contribution in [2.75, 3.05) is 13.1 Å². The maximum atomic E-state index is 12.9. The summed E-state index contributed by atoms with van der Waals surface area (Å²) >= 11 is 0. The van der Waals surface area contributed by atoms with E-state index in [0.29, 0.717) is 31.5 Å². The van der Waals surface area contributed by atoms with Gasteiger partial charge in [0.15, 0.2) is 0 Å². The average molecular weight is 392 g/mol. The first-order chi connectivity index (χ1) is 14.1. The number of nitrogens with one attached hydrogen (secondary N) is 1. The molecule has 150 valence electrons. The van der Waals surface area contributed by atoms with Crippen LogP contribution in [-0.2, 0) is 10.3 Å². The molecule has 7 heteroatoms. The fourth-order valence-corrected chi connectivity index (χ4v) is 4.14. The van der Waals surface area contributed by atoms with Crippen LogP contribution in [0.25, 0.3) is 0 Å². The summed E-state index contributed by atoms with van der Waals surface area (Å²) in [6.07, 6.45) is 7.78. The van der Waals surface area contributed by atoms with Crippen molar-refractivity contribution in [2.45, 2.75) is 30.9 Å². The molecule has 4 rings (SSSR count). The number of aromatic nitrogens is 2. The molecule has 0 spiro atoms. The highest BCUT2D eigenvalue weighted by Crippen LogP contribution is 2.35. The van der Waals surface area contributed by atoms with Gasteiger partial charge in [0.1, 0.15) is 12.0 Å². The van der Waals surface area contributed by atoms with Crippen molar-refractivity contribution in [1.82, 2.24) is 20.2 Å². The SMILES string of the molecule is O=C(N[C@]1(c2ccccc2)CCN(C(=O)c2ccncn2)C[C@H]1O)C1CC=CC1. The molecule has 1 saturated heterocycles. The van der Waals surface area contributed by atoms with Gasteiger partial charge in [0.25, 0.3) is 5.91 Å². The number of carbonyl (C=O) groups excluding carboxylic acids is 2. The minimum Gasteiger partial charge on any atom is -0.388 e. The third-order valence-corrected chi connectivity index (χ3v) is 5.84. The summed E-state index contributed by atoms with van der Waals surface area (Å²) in [6, 6.07) is 11.1. The van der Waals surface area contributed by atoms with Gasteiger partial charge in [-0.15, -0.1) is 0 Å². The van der Waals surface area contributed by atoms with Crippen LogP contribution in [-0.4, -0.2) is 51.0 Å². The number of hydrogen-bond acceptors (Lipinski definition) is 5. The first kappa shape index (κ1) is 19.3. The number of aliphatic hydroxyl groups excluding tert-OH is 1. The van der Waals surface area contributed by atoms with E-state index in [9.17, 15) is 14.7 Å². The Labute approximate surface area is 169 Å². The van der Waals surface area contributed by atoms with Crippen LogP contribution in [0.4, 0.5) is 0 Å². The lowest BCUT2D eigenvalue weighted by molar-refractivity contribution is -0.130. The van der Waals surface area contributed by atoms with Crippen LogP contribution in [0.15, 0.2) is 61.1 Å². The molecular formula is C22H24N4O3. The summed E-state index contributed by atoms with van der Waals surface area (Å²) in [4.78, 5) is 35.1. The molecular weight excluding hydrogens is 368 g/mol. The highest BCUT2D eigenvalue weighted by atomic mass is 16.3. The van der Waals surface area contributed by atoms with Crippen LogP contribution < -0.4 is 5.32 Å². The first-order valence-electron chi connectivity index (χ1n) is 9.86. The molecule has 0 bridgehead atoms. The molecule has 2 amide bonds. The maximum Gasteiger partial charge on any atom is 0.272 e. The monoisotopic (exact) mass is 392 g/mol. The minimum absolute atomic E-state index is 0.0616. The summed E-state index contributed by atoms with van der Waals surface area (Å²) in [5, 5.41) is 14.3. The number of β-amino-alcohol motifs (C(OH)–C–C–N with tert-alkyl or cyclic N) is 1. The van der Waals surface area contributed by atoms with Gasteiger partial charge in [-0.3, -0.25) is 9.59 Å². The molecule has 1 aliphatic heterocycles. The quantitative estimate of drug-likeness (QED) is 0.772. The maximum absolute atomic E-state index is 12.9. The van der Waals surface area contributed by atoms with Gasteiger partial charge in [-0.05, 0) is 30.9 Å². The van der Waals surface area contributed by atoms with E-state index in [2.05, 4.69) is 15.3 Å². The zero-order valence-electron chi connectivity index (χ0n) is 16.1. The zero-order chi connectivity index (χ0) is 20.3. The average Bonchev–Trinajstić information content (AvgIpc) is 3.31. The van der Waals surface area contributed by atoms with Gasteiger partial charge in [-0.2, -0.15) is 0 Å². The standard InChI is InChI=1S/C22H24N4O3/c27-19-14-26(21(29)18-10-12-23-15-24-18)13-11-22(19,17-8-2-1-3-9-17)25-20(28)16-6-4-5-7-16/h1-5,8-10,12,15-16,19,27H,6-7,11,13-14H2,(H,25,28)/t19-,22+/m1/s1.